The quantitative estimate of drug-likeness (QED) is 0.653. The number of Topliss-reactive ketones (excluding diaryl/α,β-unsaturated/α-hetero) is 1. The van der Waals surface area contributed by atoms with E-state index in [-0.39, 0.29) is 35.4 Å². The number of carbonyl (C=O) groups excluding carboxylic acids is 2. The van der Waals surface area contributed by atoms with Gasteiger partial charge in [-0.05, 0) is 47.9 Å². The van der Waals surface area contributed by atoms with E-state index in [9.17, 15) is 14.7 Å². The second-order valence-corrected chi connectivity index (χ2v) is 9.28. The molecular formula is C27H28O4. The van der Waals surface area contributed by atoms with Crippen molar-refractivity contribution in [3.8, 4) is 11.1 Å². The SMILES string of the molecule is CC1(C=O)OC(C2CCCCC2)C(O)=C1C(=O)CC1c2ccccc2-c2ccccc21. The lowest BCUT2D eigenvalue weighted by atomic mass is 9.82. The topological polar surface area (TPSA) is 63.6 Å². The van der Waals surface area contributed by atoms with Crippen molar-refractivity contribution in [3.05, 3.63) is 71.0 Å². The number of carbonyl (C=O) groups is 2. The van der Waals surface area contributed by atoms with E-state index >= 15 is 0 Å². The van der Waals surface area contributed by atoms with E-state index < -0.39 is 11.7 Å². The number of aliphatic hydroxyl groups excluding tert-OH is 1. The van der Waals surface area contributed by atoms with Crippen LogP contribution in [0.15, 0.2) is 59.9 Å². The first-order chi connectivity index (χ1) is 15.0. The molecule has 0 amide bonds. The number of ketones is 1. The second kappa shape index (κ2) is 7.76. The minimum absolute atomic E-state index is 0.0222. The molecular weight excluding hydrogens is 388 g/mol. The van der Waals surface area contributed by atoms with Crippen LogP contribution in [0.2, 0.25) is 0 Å². The predicted octanol–water partition coefficient (Wildman–Crippen LogP) is 5.51. The molecule has 1 saturated carbocycles. The third kappa shape index (κ3) is 3.25. The van der Waals surface area contributed by atoms with Gasteiger partial charge in [-0.2, -0.15) is 0 Å². The number of aliphatic hydroxyl groups is 1. The number of aldehydes is 1. The zero-order valence-electron chi connectivity index (χ0n) is 17.8. The molecule has 1 N–H and O–H groups in total. The molecule has 2 aliphatic carbocycles. The summed E-state index contributed by atoms with van der Waals surface area (Å²) in [7, 11) is 0. The van der Waals surface area contributed by atoms with Gasteiger partial charge in [0.15, 0.2) is 17.7 Å². The van der Waals surface area contributed by atoms with E-state index in [1.165, 1.54) is 6.42 Å². The van der Waals surface area contributed by atoms with E-state index in [1.54, 1.807) is 6.92 Å². The molecule has 1 fully saturated rings. The average molecular weight is 417 g/mol. The molecule has 2 atom stereocenters. The van der Waals surface area contributed by atoms with Crippen LogP contribution in [-0.4, -0.2) is 28.9 Å². The second-order valence-electron chi connectivity index (χ2n) is 9.28. The normalized spacial score (nSPS) is 26.0. The summed E-state index contributed by atoms with van der Waals surface area (Å²) in [5.74, 6) is -0.163. The zero-order valence-corrected chi connectivity index (χ0v) is 17.8. The van der Waals surface area contributed by atoms with E-state index in [0.717, 1.165) is 47.9 Å². The molecule has 31 heavy (non-hydrogen) atoms. The van der Waals surface area contributed by atoms with Gasteiger partial charge in [0, 0.05) is 12.3 Å². The summed E-state index contributed by atoms with van der Waals surface area (Å²) in [5, 5.41) is 11.1. The fourth-order valence-electron chi connectivity index (χ4n) is 5.81. The Bertz CT molecular complexity index is 1020. The molecule has 2 unspecified atom stereocenters. The summed E-state index contributed by atoms with van der Waals surface area (Å²) >= 11 is 0. The fraction of sp³-hybridized carbons (Fsp3) is 0.407. The van der Waals surface area contributed by atoms with Gasteiger partial charge in [-0.15, -0.1) is 0 Å². The summed E-state index contributed by atoms with van der Waals surface area (Å²) in [6, 6.07) is 16.3. The highest BCUT2D eigenvalue weighted by Crippen LogP contribution is 2.48. The van der Waals surface area contributed by atoms with Crippen LogP contribution in [0.1, 0.15) is 62.5 Å². The van der Waals surface area contributed by atoms with Crippen LogP contribution in [0.5, 0.6) is 0 Å². The van der Waals surface area contributed by atoms with Crippen molar-refractivity contribution in [3.63, 3.8) is 0 Å². The van der Waals surface area contributed by atoms with Crippen LogP contribution in [0.3, 0.4) is 0 Å². The molecule has 0 saturated heterocycles. The molecule has 2 aromatic carbocycles. The lowest BCUT2D eigenvalue weighted by Crippen LogP contribution is -2.36. The molecule has 0 aromatic heterocycles. The third-order valence-electron chi connectivity index (χ3n) is 7.33. The molecule has 0 radical (unpaired) electrons. The number of hydrogen-bond acceptors (Lipinski definition) is 4. The smallest absolute Gasteiger partial charge is 0.166 e. The molecule has 160 valence electrons. The molecule has 3 aliphatic rings. The molecule has 2 aromatic rings. The van der Waals surface area contributed by atoms with Crippen LogP contribution in [-0.2, 0) is 14.3 Å². The lowest BCUT2D eigenvalue weighted by molar-refractivity contribution is -0.132. The first-order valence-corrected chi connectivity index (χ1v) is 11.3. The standard InChI is InChI=1S/C27H28O4/c1-27(16-28)24(25(30)26(31-27)17-9-3-2-4-10-17)23(29)15-22-20-13-7-5-11-18(20)19-12-6-8-14-21(19)22/h5-8,11-14,16-17,22,26,30H,2-4,9-10,15H2,1H3. The van der Waals surface area contributed by atoms with Gasteiger partial charge in [-0.3, -0.25) is 9.59 Å². The van der Waals surface area contributed by atoms with Gasteiger partial charge in [-0.1, -0.05) is 67.8 Å². The highest BCUT2D eigenvalue weighted by atomic mass is 16.5. The highest BCUT2D eigenvalue weighted by Gasteiger charge is 2.50. The van der Waals surface area contributed by atoms with Crippen molar-refractivity contribution in [2.75, 3.05) is 0 Å². The molecule has 4 nitrogen and oxygen atoms in total. The van der Waals surface area contributed by atoms with Crippen LogP contribution < -0.4 is 0 Å². The van der Waals surface area contributed by atoms with Gasteiger partial charge in [0.25, 0.3) is 0 Å². The minimum atomic E-state index is -1.39. The molecule has 5 rings (SSSR count). The molecule has 1 aliphatic heterocycles. The van der Waals surface area contributed by atoms with Crippen LogP contribution in [0.4, 0.5) is 0 Å². The van der Waals surface area contributed by atoms with Gasteiger partial charge in [0.1, 0.15) is 11.9 Å². The van der Waals surface area contributed by atoms with Gasteiger partial charge >= 0.3 is 0 Å². The van der Waals surface area contributed by atoms with Crippen LogP contribution in [0.25, 0.3) is 11.1 Å². The zero-order chi connectivity index (χ0) is 21.6. The number of benzene rings is 2. The van der Waals surface area contributed by atoms with E-state index in [2.05, 4.69) is 24.3 Å². The summed E-state index contributed by atoms with van der Waals surface area (Å²) in [6.07, 6.45) is 5.60. The minimum Gasteiger partial charge on any atom is -0.509 e. The van der Waals surface area contributed by atoms with Gasteiger partial charge in [0.05, 0.1) is 5.57 Å². The molecule has 0 bridgehead atoms. The Morgan fingerprint density at radius 2 is 1.61 bits per heavy atom. The fourth-order valence-corrected chi connectivity index (χ4v) is 5.81. The maximum atomic E-state index is 13.6. The first kappa shape index (κ1) is 20.2. The average Bonchev–Trinajstić information content (AvgIpc) is 3.26. The maximum Gasteiger partial charge on any atom is 0.166 e. The Labute approximate surface area is 182 Å². The first-order valence-electron chi connectivity index (χ1n) is 11.3. The summed E-state index contributed by atoms with van der Waals surface area (Å²) in [6.45, 7) is 1.61. The highest BCUT2D eigenvalue weighted by molar-refractivity contribution is 6.03. The molecule has 1 heterocycles. The summed E-state index contributed by atoms with van der Waals surface area (Å²) in [4.78, 5) is 25.6. The van der Waals surface area contributed by atoms with Gasteiger partial charge in [0.2, 0.25) is 0 Å². The summed E-state index contributed by atoms with van der Waals surface area (Å²) in [5.41, 5.74) is 3.30. The van der Waals surface area contributed by atoms with Gasteiger partial charge in [-0.25, -0.2) is 0 Å². The van der Waals surface area contributed by atoms with E-state index in [0.29, 0.717) is 6.29 Å². The Morgan fingerprint density at radius 1 is 1.03 bits per heavy atom. The largest absolute Gasteiger partial charge is 0.509 e. The monoisotopic (exact) mass is 416 g/mol. The van der Waals surface area contributed by atoms with Crippen LogP contribution >= 0.6 is 0 Å². The number of fused-ring (bicyclic) bond motifs is 3. The van der Waals surface area contributed by atoms with Crippen molar-refractivity contribution < 1.29 is 19.4 Å². The number of hydrogen-bond donors (Lipinski definition) is 1. The lowest BCUT2D eigenvalue weighted by Gasteiger charge is -2.29. The summed E-state index contributed by atoms with van der Waals surface area (Å²) < 4.78 is 6.07. The predicted molar refractivity (Wildman–Crippen MR) is 119 cm³/mol. The molecule has 0 spiro atoms. The van der Waals surface area contributed by atoms with Crippen molar-refractivity contribution in [1.29, 1.82) is 0 Å². The Morgan fingerprint density at radius 3 is 2.19 bits per heavy atom. The van der Waals surface area contributed by atoms with Crippen molar-refractivity contribution in [2.24, 2.45) is 5.92 Å². The Hall–Kier alpha value is -2.72. The van der Waals surface area contributed by atoms with E-state index in [4.69, 9.17) is 4.74 Å². The van der Waals surface area contributed by atoms with E-state index in [1.807, 2.05) is 24.3 Å². The number of rotatable bonds is 5. The van der Waals surface area contributed by atoms with Gasteiger partial charge < -0.3 is 9.84 Å². The Balaban J connectivity index is 1.49. The Kier molecular flexibility index (Phi) is 5.05. The van der Waals surface area contributed by atoms with Crippen molar-refractivity contribution in [1.82, 2.24) is 0 Å². The number of ether oxygens (including phenoxy) is 1. The van der Waals surface area contributed by atoms with Crippen molar-refractivity contribution >= 4 is 12.1 Å². The van der Waals surface area contributed by atoms with Crippen LogP contribution in [0, 0.1) is 5.92 Å². The maximum absolute atomic E-state index is 13.6. The van der Waals surface area contributed by atoms with Crippen molar-refractivity contribution in [2.45, 2.75) is 63.1 Å². The third-order valence-corrected chi connectivity index (χ3v) is 7.33. The molecule has 4 heteroatoms.